The molecule has 6 heteroatoms. The van der Waals surface area contributed by atoms with E-state index in [0.29, 0.717) is 11.4 Å². The van der Waals surface area contributed by atoms with Crippen LogP contribution in [0.4, 0.5) is 0 Å². The molecule has 0 fully saturated rings. The summed E-state index contributed by atoms with van der Waals surface area (Å²) in [6, 6.07) is 0. The fourth-order valence-corrected chi connectivity index (χ4v) is 5.49. The lowest BCUT2D eigenvalue weighted by molar-refractivity contribution is 0.417. The van der Waals surface area contributed by atoms with Gasteiger partial charge in [0.15, 0.2) is 0 Å². The molecule has 4 nitrogen and oxygen atoms in total. The molecule has 19 heavy (non-hydrogen) atoms. The maximum Gasteiger partial charge on any atom is 0.242 e. The molecule has 110 valence electrons. The summed E-state index contributed by atoms with van der Waals surface area (Å²) in [4.78, 5) is 1.30. The van der Waals surface area contributed by atoms with E-state index in [-0.39, 0.29) is 0 Å². The molecular formula is C13H24N2O2S2. The minimum absolute atomic E-state index is 0.418. The average Bonchev–Trinajstić information content (AvgIpc) is 2.59. The topological polar surface area (TPSA) is 58.2 Å². The predicted molar refractivity (Wildman–Crippen MR) is 81.1 cm³/mol. The van der Waals surface area contributed by atoms with Gasteiger partial charge in [-0.25, -0.2) is 13.1 Å². The molecule has 0 aliphatic carbocycles. The molecule has 0 radical (unpaired) electrons. The Morgan fingerprint density at radius 1 is 1.37 bits per heavy atom. The number of sulfonamides is 1. The Labute approximate surface area is 120 Å². The summed E-state index contributed by atoms with van der Waals surface area (Å²) in [5, 5.41) is 4.91. The Kier molecular flexibility index (Phi) is 5.55. The molecule has 0 aliphatic heterocycles. The minimum atomic E-state index is -3.46. The van der Waals surface area contributed by atoms with Gasteiger partial charge in [-0.2, -0.15) is 0 Å². The fourth-order valence-electron chi connectivity index (χ4n) is 2.22. The van der Waals surface area contributed by atoms with E-state index in [1.165, 1.54) is 11.3 Å². The maximum absolute atomic E-state index is 12.6. The van der Waals surface area contributed by atoms with Gasteiger partial charge in [-0.15, -0.1) is 11.3 Å². The van der Waals surface area contributed by atoms with Crippen LogP contribution in [0, 0.1) is 6.92 Å². The second kappa shape index (κ2) is 6.35. The van der Waals surface area contributed by atoms with E-state index in [1.807, 2.05) is 33.2 Å². The van der Waals surface area contributed by atoms with Gasteiger partial charge in [0, 0.05) is 17.0 Å². The second-order valence-electron chi connectivity index (χ2n) is 5.44. The fraction of sp³-hybridized carbons (Fsp3) is 0.692. The third-order valence-electron chi connectivity index (χ3n) is 2.88. The third kappa shape index (κ3) is 4.27. The third-order valence-corrected chi connectivity index (χ3v) is 6.04. The maximum atomic E-state index is 12.6. The summed E-state index contributed by atoms with van der Waals surface area (Å²) >= 11 is 1.49. The molecule has 0 atom stereocenters. The second-order valence-corrected chi connectivity index (χ2v) is 8.02. The molecule has 0 unspecified atom stereocenters. The lowest BCUT2D eigenvalue weighted by atomic mass is 10.0. The number of thiophene rings is 1. The van der Waals surface area contributed by atoms with Crippen LogP contribution in [0.25, 0.3) is 0 Å². The molecule has 2 N–H and O–H groups in total. The van der Waals surface area contributed by atoms with Gasteiger partial charge in [0.25, 0.3) is 0 Å². The summed E-state index contributed by atoms with van der Waals surface area (Å²) in [6.07, 6.45) is 1.76. The molecule has 0 saturated heterocycles. The molecule has 0 aliphatic rings. The molecule has 1 rings (SSSR count). The predicted octanol–water partition coefficient (Wildman–Crippen LogP) is 2.63. The Morgan fingerprint density at radius 2 is 2.00 bits per heavy atom. The van der Waals surface area contributed by atoms with Crippen LogP contribution in [0.15, 0.2) is 10.3 Å². The summed E-state index contributed by atoms with van der Waals surface area (Å²) in [5.41, 5.74) is 0.397. The van der Waals surface area contributed by atoms with Crippen molar-refractivity contribution in [3.63, 3.8) is 0 Å². The lowest BCUT2D eigenvalue weighted by Crippen LogP contribution is -2.43. The first-order valence-corrected chi connectivity index (χ1v) is 8.85. The van der Waals surface area contributed by atoms with Crippen molar-refractivity contribution in [2.75, 3.05) is 7.05 Å². The number of hydrogen-bond donors (Lipinski definition) is 2. The SMILES string of the molecule is CCCC(C)(C)NS(=O)(=O)c1c(C)csc1CNC. The monoisotopic (exact) mass is 304 g/mol. The van der Waals surface area contributed by atoms with Gasteiger partial charge in [-0.05, 0) is 45.2 Å². The highest BCUT2D eigenvalue weighted by Crippen LogP contribution is 2.28. The van der Waals surface area contributed by atoms with Gasteiger partial charge in [0.2, 0.25) is 10.0 Å². The standard InChI is InChI=1S/C13H24N2O2S2/c1-6-7-13(3,4)15-19(16,17)12-10(2)9-18-11(12)8-14-5/h9,14-15H,6-8H2,1-5H3. The van der Waals surface area contributed by atoms with Crippen LogP contribution in [0.2, 0.25) is 0 Å². The first-order valence-electron chi connectivity index (χ1n) is 6.49. The quantitative estimate of drug-likeness (QED) is 0.814. The van der Waals surface area contributed by atoms with E-state index in [9.17, 15) is 8.42 Å². The van der Waals surface area contributed by atoms with Gasteiger partial charge in [-0.1, -0.05) is 13.3 Å². The zero-order valence-electron chi connectivity index (χ0n) is 12.3. The van der Waals surface area contributed by atoms with E-state index < -0.39 is 15.6 Å². The van der Waals surface area contributed by atoms with Crippen LogP contribution in [-0.2, 0) is 16.6 Å². The zero-order chi connectivity index (χ0) is 14.7. The first-order chi connectivity index (χ1) is 8.73. The summed E-state index contributed by atoms with van der Waals surface area (Å²) in [5.74, 6) is 0. The molecule has 0 aromatic carbocycles. The van der Waals surface area contributed by atoms with Crippen molar-refractivity contribution >= 4 is 21.4 Å². The van der Waals surface area contributed by atoms with E-state index in [4.69, 9.17) is 0 Å². The number of hydrogen-bond acceptors (Lipinski definition) is 4. The minimum Gasteiger partial charge on any atom is -0.315 e. The van der Waals surface area contributed by atoms with Crippen molar-refractivity contribution < 1.29 is 8.42 Å². The van der Waals surface area contributed by atoms with Gasteiger partial charge >= 0.3 is 0 Å². The Bertz CT molecular complexity index is 519. The van der Waals surface area contributed by atoms with E-state index in [1.54, 1.807) is 0 Å². The van der Waals surface area contributed by atoms with Crippen molar-refractivity contribution in [1.82, 2.24) is 10.0 Å². The first kappa shape index (κ1) is 16.6. The molecular weight excluding hydrogens is 280 g/mol. The van der Waals surface area contributed by atoms with Gasteiger partial charge in [0.1, 0.15) is 4.90 Å². The van der Waals surface area contributed by atoms with Gasteiger partial charge in [-0.3, -0.25) is 0 Å². The van der Waals surface area contributed by atoms with Gasteiger partial charge in [0.05, 0.1) is 0 Å². The highest BCUT2D eigenvalue weighted by molar-refractivity contribution is 7.89. The van der Waals surface area contributed by atoms with E-state index in [0.717, 1.165) is 23.3 Å². The number of rotatable bonds is 7. The zero-order valence-corrected chi connectivity index (χ0v) is 14.0. The van der Waals surface area contributed by atoms with E-state index in [2.05, 4.69) is 17.0 Å². The highest BCUT2D eigenvalue weighted by atomic mass is 32.2. The highest BCUT2D eigenvalue weighted by Gasteiger charge is 2.29. The number of aryl methyl sites for hydroxylation is 1. The van der Waals surface area contributed by atoms with Gasteiger partial charge < -0.3 is 5.32 Å². The van der Waals surface area contributed by atoms with Crippen molar-refractivity contribution in [2.45, 2.75) is 57.5 Å². The van der Waals surface area contributed by atoms with Crippen LogP contribution < -0.4 is 10.0 Å². The summed E-state index contributed by atoms with van der Waals surface area (Å²) < 4.78 is 28.0. The lowest BCUT2D eigenvalue weighted by Gasteiger charge is -2.25. The molecule has 0 saturated carbocycles. The summed E-state index contributed by atoms with van der Waals surface area (Å²) in [7, 11) is -1.64. The van der Waals surface area contributed by atoms with Crippen molar-refractivity contribution in [1.29, 1.82) is 0 Å². The average molecular weight is 304 g/mol. The molecule has 0 amide bonds. The molecule has 1 aromatic heterocycles. The number of nitrogens with one attached hydrogen (secondary N) is 2. The van der Waals surface area contributed by atoms with Crippen LogP contribution >= 0.6 is 11.3 Å². The van der Waals surface area contributed by atoms with Crippen LogP contribution in [-0.4, -0.2) is 21.0 Å². The Morgan fingerprint density at radius 3 is 2.53 bits per heavy atom. The van der Waals surface area contributed by atoms with Crippen molar-refractivity contribution in [3.05, 3.63) is 15.8 Å². The van der Waals surface area contributed by atoms with Crippen molar-refractivity contribution in [2.24, 2.45) is 0 Å². The Balaban J connectivity index is 3.10. The molecule has 1 aromatic rings. The smallest absolute Gasteiger partial charge is 0.242 e. The van der Waals surface area contributed by atoms with Crippen LogP contribution in [0.1, 0.15) is 44.1 Å². The molecule has 1 heterocycles. The van der Waals surface area contributed by atoms with E-state index >= 15 is 0 Å². The Hall–Kier alpha value is -0.430. The van der Waals surface area contributed by atoms with Crippen LogP contribution in [0.3, 0.4) is 0 Å². The van der Waals surface area contributed by atoms with Crippen LogP contribution in [0.5, 0.6) is 0 Å². The normalized spacial score (nSPS) is 12.9. The van der Waals surface area contributed by atoms with Crippen molar-refractivity contribution in [3.8, 4) is 0 Å². The molecule has 0 spiro atoms. The molecule has 0 bridgehead atoms. The summed E-state index contributed by atoms with van der Waals surface area (Å²) in [6.45, 7) is 8.32. The largest absolute Gasteiger partial charge is 0.315 e.